The molecule has 1 aromatic rings. The third kappa shape index (κ3) is 4.37. The number of nitrogens with one attached hydrogen (secondary N) is 1. The molecule has 4 heteroatoms. The highest BCUT2D eigenvalue weighted by Gasteiger charge is 2.17. The van der Waals surface area contributed by atoms with Crippen LogP contribution in [0.2, 0.25) is 0 Å². The predicted octanol–water partition coefficient (Wildman–Crippen LogP) is 3.55. The molecule has 0 heterocycles. The Morgan fingerprint density at radius 3 is 2.71 bits per heavy atom. The van der Waals surface area contributed by atoms with Crippen LogP contribution in [0.5, 0.6) is 0 Å². The van der Waals surface area contributed by atoms with Crippen LogP contribution < -0.4 is 5.32 Å². The maximum absolute atomic E-state index is 8.77. The molecule has 0 radical (unpaired) electrons. The van der Waals surface area contributed by atoms with E-state index in [0.29, 0.717) is 18.7 Å². The molecule has 1 rings (SSSR count). The molecule has 0 aliphatic carbocycles. The number of hydrogen-bond donors (Lipinski definition) is 1. The van der Waals surface area contributed by atoms with Gasteiger partial charge in [0, 0.05) is 23.3 Å². The Bertz CT molecular complexity index is 424. The summed E-state index contributed by atoms with van der Waals surface area (Å²) in [4.78, 5) is 0. The number of benzene rings is 1. The number of hydrogen-bond acceptors (Lipinski definition) is 3. The molecule has 92 valence electrons. The topological polar surface area (TPSA) is 45.0 Å². The van der Waals surface area contributed by atoms with Crippen molar-refractivity contribution >= 4 is 21.6 Å². The number of rotatable bonds is 5. The second-order valence-corrected chi connectivity index (χ2v) is 5.21. The van der Waals surface area contributed by atoms with Crippen LogP contribution in [-0.4, -0.2) is 18.8 Å². The average molecular weight is 297 g/mol. The van der Waals surface area contributed by atoms with Gasteiger partial charge in [0.1, 0.15) is 0 Å². The van der Waals surface area contributed by atoms with Crippen molar-refractivity contribution in [3.8, 4) is 6.07 Å². The summed E-state index contributed by atoms with van der Waals surface area (Å²) in [5.41, 5.74) is 1.41. The van der Waals surface area contributed by atoms with Crippen LogP contribution in [0.3, 0.4) is 0 Å². The molecule has 0 aliphatic heterocycles. The van der Waals surface area contributed by atoms with Gasteiger partial charge < -0.3 is 10.1 Å². The molecule has 1 N–H and O–H groups in total. The molecule has 1 aromatic carbocycles. The van der Waals surface area contributed by atoms with Crippen molar-refractivity contribution in [3.63, 3.8) is 0 Å². The smallest absolute Gasteiger partial charge is 0.0992 e. The summed E-state index contributed by atoms with van der Waals surface area (Å²) in [6.45, 7) is 7.48. The lowest BCUT2D eigenvalue weighted by molar-refractivity contribution is 0.000690. The van der Waals surface area contributed by atoms with Crippen LogP contribution in [-0.2, 0) is 4.74 Å². The maximum atomic E-state index is 8.77. The summed E-state index contributed by atoms with van der Waals surface area (Å²) in [6, 6.07) is 7.59. The van der Waals surface area contributed by atoms with Crippen LogP contribution in [0, 0.1) is 11.3 Å². The van der Waals surface area contributed by atoms with E-state index in [1.807, 2.05) is 26.8 Å². The van der Waals surface area contributed by atoms with Gasteiger partial charge in [0.2, 0.25) is 0 Å². The Balaban J connectivity index is 2.67. The van der Waals surface area contributed by atoms with Crippen molar-refractivity contribution in [1.82, 2.24) is 0 Å². The fourth-order valence-corrected chi connectivity index (χ4v) is 2.00. The van der Waals surface area contributed by atoms with E-state index in [2.05, 4.69) is 27.3 Å². The molecule has 0 unspecified atom stereocenters. The summed E-state index contributed by atoms with van der Waals surface area (Å²) in [5, 5.41) is 12.1. The minimum atomic E-state index is -0.206. The second kappa shape index (κ2) is 6.04. The minimum absolute atomic E-state index is 0.206. The molecular weight excluding hydrogens is 280 g/mol. The van der Waals surface area contributed by atoms with Crippen molar-refractivity contribution in [1.29, 1.82) is 5.26 Å². The first-order valence-electron chi connectivity index (χ1n) is 5.56. The molecule has 0 aliphatic rings. The predicted molar refractivity (Wildman–Crippen MR) is 73.1 cm³/mol. The van der Waals surface area contributed by atoms with E-state index < -0.39 is 0 Å². The van der Waals surface area contributed by atoms with Gasteiger partial charge in [-0.15, -0.1) is 0 Å². The summed E-state index contributed by atoms with van der Waals surface area (Å²) in [7, 11) is 0. The highest BCUT2D eigenvalue weighted by atomic mass is 79.9. The van der Waals surface area contributed by atoms with Gasteiger partial charge in [-0.05, 0) is 54.9 Å². The van der Waals surface area contributed by atoms with E-state index in [0.717, 1.165) is 10.2 Å². The molecule has 0 saturated heterocycles. The fourth-order valence-electron chi connectivity index (χ4n) is 1.48. The molecular formula is C13H17BrN2O. The summed E-state index contributed by atoms with van der Waals surface area (Å²) in [6.07, 6.45) is 0. The Labute approximate surface area is 111 Å². The van der Waals surface area contributed by atoms with Crippen molar-refractivity contribution in [2.45, 2.75) is 26.4 Å². The molecule has 0 aromatic heterocycles. The summed E-state index contributed by atoms with van der Waals surface area (Å²) >= 11 is 3.44. The number of ether oxygens (including phenoxy) is 1. The van der Waals surface area contributed by atoms with Gasteiger partial charge in [0.15, 0.2) is 0 Å². The monoisotopic (exact) mass is 296 g/mol. The van der Waals surface area contributed by atoms with E-state index in [1.54, 1.807) is 12.1 Å². The first-order valence-corrected chi connectivity index (χ1v) is 6.35. The van der Waals surface area contributed by atoms with Gasteiger partial charge in [-0.3, -0.25) is 0 Å². The molecule has 0 amide bonds. The molecule has 0 bridgehead atoms. The van der Waals surface area contributed by atoms with Gasteiger partial charge in [-0.2, -0.15) is 5.26 Å². The quantitative estimate of drug-likeness (QED) is 0.904. The van der Waals surface area contributed by atoms with E-state index >= 15 is 0 Å². The van der Waals surface area contributed by atoms with Crippen LogP contribution in [0.15, 0.2) is 22.7 Å². The molecule has 0 fully saturated rings. The minimum Gasteiger partial charge on any atom is -0.381 e. The Hall–Kier alpha value is -1.05. The normalized spacial score (nSPS) is 11.0. The zero-order valence-electron chi connectivity index (χ0n) is 10.4. The number of nitriles is 1. The highest BCUT2D eigenvalue weighted by molar-refractivity contribution is 9.10. The lowest BCUT2D eigenvalue weighted by Crippen LogP contribution is -2.33. The van der Waals surface area contributed by atoms with Crippen LogP contribution >= 0.6 is 15.9 Å². The molecule has 3 nitrogen and oxygen atoms in total. The number of halogens is 1. The summed E-state index contributed by atoms with van der Waals surface area (Å²) < 4.78 is 6.50. The zero-order chi connectivity index (χ0) is 12.9. The number of anilines is 1. The molecule has 0 saturated carbocycles. The lowest BCUT2D eigenvalue weighted by atomic mass is 10.1. The van der Waals surface area contributed by atoms with Gasteiger partial charge in [0.25, 0.3) is 0 Å². The van der Waals surface area contributed by atoms with Crippen LogP contribution in [0.25, 0.3) is 0 Å². The highest BCUT2D eigenvalue weighted by Crippen LogP contribution is 2.24. The second-order valence-electron chi connectivity index (χ2n) is 4.35. The van der Waals surface area contributed by atoms with Gasteiger partial charge >= 0.3 is 0 Å². The third-order valence-electron chi connectivity index (χ3n) is 2.34. The van der Waals surface area contributed by atoms with E-state index in [9.17, 15) is 0 Å². The Morgan fingerprint density at radius 1 is 1.47 bits per heavy atom. The fraction of sp³-hybridized carbons (Fsp3) is 0.462. The van der Waals surface area contributed by atoms with E-state index in [-0.39, 0.29) is 5.60 Å². The molecule has 0 spiro atoms. The van der Waals surface area contributed by atoms with Crippen molar-refractivity contribution in [3.05, 3.63) is 28.2 Å². The van der Waals surface area contributed by atoms with E-state index in [1.165, 1.54) is 0 Å². The molecule has 17 heavy (non-hydrogen) atoms. The Kier molecular flexibility index (Phi) is 4.98. The first kappa shape index (κ1) is 14.0. The van der Waals surface area contributed by atoms with Crippen molar-refractivity contribution in [2.24, 2.45) is 0 Å². The van der Waals surface area contributed by atoms with Crippen LogP contribution in [0.4, 0.5) is 5.69 Å². The maximum Gasteiger partial charge on any atom is 0.0992 e. The zero-order valence-corrected chi connectivity index (χ0v) is 12.0. The average Bonchev–Trinajstić information content (AvgIpc) is 2.27. The van der Waals surface area contributed by atoms with E-state index in [4.69, 9.17) is 10.00 Å². The summed E-state index contributed by atoms with van der Waals surface area (Å²) in [5.74, 6) is 0. The largest absolute Gasteiger partial charge is 0.381 e. The first-order chi connectivity index (χ1) is 7.98. The van der Waals surface area contributed by atoms with Gasteiger partial charge in [-0.1, -0.05) is 0 Å². The lowest BCUT2D eigenvalue weighted by Gasteiger charge is -2.25. The SMILES string of the molecule is CCOC(C)(C)CNc1ccc(C#N)cc1Br. The van der Waals surface area contributed by atoms with Gasteiger partial charge in [0.05, 0.1) is 17.2 Å². The molecule has 0 atom stereocenters. The van der Waals surface area contributed by atoms with Crippen molar-refractivity contribution in [2.75, 3.05) is 18.5 Å². The number of nitrogens with zero attached hydrogens (tertiary/aromatic N) is 1. The standard InChI is InChI=1S/C13H17BrN2O/c1-4-17-13(2,3)9-16-12-6-5-10(8-15)7-11(12)14/h5-7,16H,4,9H2,1-3H3. The third-order valence-corrected chi connectivity index (χ3v) is 2.99. The van der Waals surface area contributed by atoms with Crippen molar-refractivity contribution < 1.29 is 4.74 Å². The van der Waals surface area contributed by atoms with Crippen LogP contribution in [0.1, 0.15) is 26.3 Å². The van der Waals surface area contributed by atoms with Gasteiger partial charge in [-0.25, -0.2) is 0 Å². The Morgan fingerprint density at radius 2 is 2.18 bits per heavy atom.